The zero-order valence-electron chi connectivity index (χ0n) is 10.7. The van der Waals surface area contributed by atoms with E-state index in [1.807, 2.05) is 11.5 Å². The standard InChI is InChI=1S/C13H12Cl3N3O/c1-6(14)13-18-10-3-8(15)9(16)4-11(10)19(13)7-2-12(20)17-5-7/h3-4,6-7H,2,5H2,1H3,(H,17,20). The monoisotopic (exact) mass is 331 g/mol. The number of halogens is 3. The van der Waals surface area contributed by atoms with Gasteiger partial charge in [-0.2, -0.15) is 0 Å². The molecule has 1 aromatic heterocycles. The number of aromatic nitrogens is 2. The number of benzene rings is 1. The molecule has 0 aliphatic carbocycles. The minimum atomic E-state index is -0.268. The van der Waals surface area contributed by atoms with Crippen LogP contribution in [0.1, 0.15) is 30.6 Å². The predicted molar refractivity (Wildman–Crippen MR) is 80.7 cm³/mol. The van der Waals surface area contributed by atoms with Gasteiger partial charge in [0.25, 0.3) is 0 Å². The Kier molecular flexibility index (Phi) is 3.56. The molecule has 1 aromatic carbocycles. The Balaban J connectivity index is 2.23. The molecule has 106 valence electrons. The molecule has 2 aromatic rings. The van der Waals surface area contributed by atoms with Crippen molar-refractivity contribution < 1.29 is 4.79 Å². The summed E-state index contributed by atoms with van der Waals surface area (Å²) < 4.78 is 1.99. The van der Waals surface area contributed by atoms with Crippen molar-refractivity contribution in [3.8, 4) is 0 Å². The van der Waals surface area contributed by atoms with E-state index in [0.717, 1.165) is 16.9 Å². The fourth-order valence-corrected chi connectivity index (χ4v) is 3.02. The first kappa shape index (κ1) is 14.0. The van der Waals surface area contributed by atoms with E-state index in [1.54, 1.807) is 12.1 Å². The number of carbonyl (C=O) groups is 1. The Hall–Kier alpha value is -0.970. The first-order valence-electron chi connectivity index (χ1n) is 6.25. The third kappa shape index (κ3) is 2.26. The Morgan fingerprint density at radius 2 is 2.10 bits per heavy atom. The molecule has 2 unspecified atom stereocenters. The van der Waals surface area contributed by atoms with Gasteiger partial charge in [0, 0.05) is 13.0 Å². The fourth-order valence-electron chi connectivity index (χ4n) is 2.55. The lowest BCUT2D eigenvalue weighted by atomic mass is 10.2. The Morgan fingerprint density at radius 1 is 1.40 bits per heavy atom. The second-order valence-corrected chi connectivity index (χ2v) is 6.34. The molecule has 20 heavy (non-hydrogen) atoms. The van der Waals surface area contributed by atoms with Crippen LogP contribution in [-0.4, -0.2) is 22.0 Å². The van der Waals surface area contributed by atoms with Crippen molar-refractivity contribution >= 4 is 51.7 Å². The van der Waals surface area contributed by atoms with E-state index in [1.165, 1.54) is 0 Å². The van der Waals surface area contributed by atoms with Crippen molar-refractivity contribution in [1.29, 1.82) is 0 Å². The molecule has 7 heteroatoms. The highest BCUT2D eigenvalue weighted by Gasteiger charge is 2.28. The lowest BCUT2D eigenvalue weighted by Crippen LogP contribution is -2.17. The van der Waals surface area contributed by atoms with Gasteiger partial charge in [0.2, 0.25) is 5.91 Å². The lowest BCUT2D eigenvalue weighted by Gasteiger charge is -2.16. The van der Waals surface area contributed by atoms with E-state index in [4.69, 9.17) is 34.8 Å². The van der Waals surface area contributed by atoms with E-state index in [0.29, 0.717) is 23.0 Å². The molecule has 1 amide bonds. The number of rotatable bonds is 2. The molecule has 2 heterocycles. The van der Waals surface area contributed by atoms with E-state index in [9.17, 15) is 4.79 Å². The molecule has 1 aliphatic rings. The summed E-state index contributed by atoms with van der Waals surface area (Å²) in [4.78, 5) is 16.0. The molecule has 1 N–H and O–H groups in total. The topological polar surface area (TPSA) is 46.9 Å². The molecular formula is C13H12Cl3N3O. The highest BCUT2D eigenvalue weighted by molar-refractivity contribution is 6.42. The Labute approximate surface area is 131 Å². The second-order valence-electron chi connectivity index (χ2n) is 4.87. The van der Waals surface area contributed by atoms with Crippen molar-refractivity contribution in [2.75, 3.05) is 6.54 Å². The number of hydrogen-bond donors (Lipinski definition) is 1. The van der Waals surface area contributed by atoms with Crippen molar-refractivity contribution in [3.63, 3.8) is 0 Å². The Morgan fingerprint density at radius 3 is 2.70 bits per heavy atom. The smallest absolute Gasteiger partial charge is 0.222 e. The maximum Gasteiger partial charge on any atom is 0.222 e. The van der Waals surface area contributed by atoms with Crippen molar-refractivity contribution in [1.82, 2.24) is 14.9 Å². The molecule has 3 rings (SSSR count). The molecule has 1 aliphatic heterocycles. The number of nitrogens with zero attached hydrogens (tertiary/aromatic N) is 2. The minimum Gasteiger partial charge on any atom is -0.354 e. The van der Waals surface area contributed by atoms with Crippen LogP contribution in [0, 0.1) is 0 Å². The normalized spacial score (nSPS) is 20.4. The van der Waals surface area contributed by atoms with Crippen LogP contribution in [-0.2, 0) is 4.79 Å². The number of amides is 1. The zero-order valence-corrected chi connectivity index (χ0v) is 12.9. The van der Waals surface area contributed by atoms with Gasteiger partial charge in [0.1, 0.15) is 5.82 Å². The number of carbonyl (C=O) groups excluding carboxylic acids is 1. The van der Waals surface area contributed by atoms with Crippen LogP contribution in [0.5, 0.6) is 0 Å². The summed E-state index contributed by atoms with van der Waals surface area (Å²) in [6, 6.07) is 3.50. The summed E-state index contributed by atoms with van der Waals surface area (Å²) >= 11 is 18.3. The van der Waals surface area contributed by atoms with Gasteiger partial charge in [-0.25, -0.2) is 4.98 Å². The molecule has 0 radical (unpaired) electrons. The molecule has 4 nitrogen and oxygen atoms in total. The van der Waals surface area contributed by atoms with Gasteiger partial charge in [-0.3, -0.25) is 4.79 Å². The van der Waals surface area contributed by atoms with Gasteiger partial charge in [-0.05, 0) is 19.1 Å². The first-order valence-corrected chi connectivity index (χ1v) is 7.44. The van der Waals surface area contributed by atoms with Crippen LogP contribution in [0.2, 0.25) is 10.0 Å². The van der Waals surface area contributed by atoms with Gasteiger partial charge in [-0.15, -0.1) is 11.6 Å². The zero-order chi connectivity index (χ0) is 14.4. The van der Waals surface area contributed by atoms with Crippen molar-refractivity contribution in [2.45, 2.75) is 24.8 Å². The van der Waals surface area contributed by atoms with Gasteiger partial charge in [-0.1, -0.05) is 23.2 Å². The molecule has 2 atom stereocenters. The van der Waals surface area contributed by atoms with Gasteiger partial charge < -0.3 is 9.88 Å². The summed E-state index contributed by atoms with van der Waals surface area (Å²) in [6.45, 7) is 2.42. The maximum absolute atomic E-state index is 11.5. The largest absolute Gasteiger partial charge is 0.354 e. The molecule has 1 saturated heterocycles. The summed E-state index contributed by atoms with van der Waals surface area (Å²) in [5, 5.41) is 3.48. The number of alkyl halides is 1. The fraction of sp³-hybridized carbons (Fsp3) is 0.385. The second kappa shape index (κ2) is 5.10. The van der Waals surface area contributed by atoms with E-state index in [2.05, 4.69) is 10.3 Å². The molecule has 0 bridgehead atoms. The number of fused-ring (bicyclic) bond motifs is 1. The van der Waals surface area contributed by atoms with E-state index in [-0.39, 0.29) is 17.3 Å². The minimum absolute atomic E-state index is 0.000872. The predicted octanol–water partition coefficient (Wildman–Crippen LogP) is 3.70. The SMILES string of the molecule is CC(Cl)c1nc2cc(Cl)c(Cl)cc2n1C1CNC(=O)C1. The van der Waals surface area contributed by atoms with Crippen LogP contribution < -0.4 is 5.32 Å². The highest BCUT2D eigenvalue weighted by Crippen LogP contribution is 2.34. The van der Waals surface area contributed by atoms with Crippen LogP contribution in [0.4, 0.5) is 0 Å². The molecule has 1 fully saturated rings. The van der Waals surface area contributed by atoms with Crippen molar-refractivity contribution in [2.24, 2.45) is 0 Å². The molecule has 0 spiro atoms. The van der Waals surface area contributed by atoms with Crippen molar-refractivity contribution in [3.05, 3.63) is 28.0 Å². The average molecular weight is 333 g/mol. The summed E-state index contributed by atoms with van der Waals surface area (Å²) in [5.74, 6) is 0.756. The molecular weight excluding hydrogens is 321 g/mol. The highest BCUT2D eigenvalue weighted by atomic mass is 35.5. The number of imidazole rings is 1. The first-order chi connectivity index (χ1) is 9.47. The van der Waals surface area contributed by atoms with Crippen LogP contribution in [0.15, 0.2) is 12.1 Å². The summed E-state index contributed by atoms with van der Waals surface area (Å²) in [6.07, 6.45) is 0.419. The number of hydrogen-bond acceptors (Lipinski definition) is 2. The van der Waals surface area contributed by atoms with E-state index < -0.39 is 0 Å². The van der Waals surface area contributed by atoms with Crippen LogP contribution in [0.25, 0.3) is 11.0 Å². The van der Waals surface area contributed by atoms with Gasteiger partial charge in [0.15, 0.2) is 0 Å². The molecule has 0 saturated carbocycles. The lowest BCUT2D eigenvalue weighted by molar-refractivity contribution is -0.119. The maximum atomic E-state index is 11.5. The third-order valence-electron chi connectivity index (χ3n) is 3.44. The van der Waals surface area contributed by atoms with Crippen LogP contribution >= 0.6 is 34.8 Å². The summed E-state index contributed by atoms with van der Waals surface area (Å²) in [7, 11) is 0. The van der Waals surface area contributed by atoms with Gasteiger partial charge >= 0.3 is 0 Å². The quantitative estimate of drug-likeness (QED) is 0.852. The van der Waals surface area contributed by atoms with Gasteiger partial charge in [0.05, 0.1) is 32.5 Å². The summed E-state index contributed by atoms with van der Waals surface area (Å²) in [5.41, 5.74) is 1.59. The van der Waals surface area contributed by atoms with E-state index >= 15 is 0 Å². The van der Waals surface area contributed by atoms with Crippen LogP contribution in [0.3, 0.4) is 0 Å². The number of nitrogens with one attached hydrogen (secondary N) is 1. The Bertz CT molecular complexity index is 696. The third-order valence-corrected chi connectivity index (χ3v) is 4.35. The average Bonchev–Trinajstić information content (AvgIpc) is 2.94.